The summed E-state index contributed by atoms with van der Waals surface area (Å²) >= 11 is 0. The van der Waals surface area contributed by atoms with E-state index in [9.17, 15) is 4.79 Å². The Hall–Kier alpha value is -4.26. The van der Waals surface area contributed by atoms with Crippen molar-refractivity contribution in [3.63, 3.8) is 0 Å². The van der Waals surface area contributed by atoms with E-state index in [4.69, 9.17) is 14.6 Å². The monoisotopic (exact) mass is 468 g/mol. The number of carbonyl (C=O) groups excluding carboxylic acids is 1. The van der Waals surface area contributed by atoms with Crippen molar-refractivity contribution in [1.82, 2.24) is 19.2 Å². The normalized spacial score (nSPS) is 12.9. The van der Waals surface area contributed by atoms with Crippen LogP contribution in [-0.2, 0) is 17.9 Å². The summed E-state index contributed by atoms with van der Waals surface area (Å²) in [6, 6.07) is 15.9. The molecule has 0 atom stereocenters. The zero-order valence-electron chi connectivity index (χ0n) is 20.4. The van der Waals surface area contributed by atoms with E-state index < -0.39 is 0 Å². The lowest BCUT2D eigenvalue weighted by molar-refractivity contribution is -0.126. The Morgan fingerprint density at radius 2 is 1.71 bits per heavy atom. The minimum absolute atomic E-state index is 0.0611. The SMILES string of the molecule is COc1ccc(C=CC(=O)N2Cc3nn(-c4ccc(C)c(C)c4)c(-n4cccc4)c3C2)cc1OC. The van der Waals surface area contributed by atoms with Gasteiger partial charge >= 0.3 is 0 Å². The number of amides is 1. The topological polar surface area (TPSA) is 61.5 Å². The second-order valence-electron chi connectivity index (χ2n) is 8.66. The van der Waals surface area contributed by atoms with Crippen LogP contribution in [0.2, 0.25) is 0 Å². The van der Waals surface area contributed by atoms with Gasteiger partial charge in [0.15, 0.2) is 11.5 Å². The van der Waals surface area contributed by atoms with Crippen LogP contribution in [0, 0.1) is 13.8 Å². The minimum Gasteiger partial charge on any atom is -0.493 e. The molecule has 0 bridgehead atoms. The standard InChI is InChI=1S/C28H28N4O3/c1-19-7-10-22(15-20(19)2)32-28(30-13-5-6-14-30)23-17-31(18-24(23)29-32)27(33)12-9-21-8-11-25(34-3)26(16-21)35-4/h5-16H,17-18H2,1-4H3. The second kappa shape index (κ2) is 9.18. The number of ether oxygens (including phenoxy) is 2. The molecule has 0 saturated carbocycles. The van der Waals surface area contributed by atoms with Crippen LogP contribution in [0.5, 0.6) is 11.5 Å². The van der Waals surface area contributed by atoms with Gasteiger partial charge in [0.1, 0.15) is 5.82 Å². The number of fused-ring (bicyclic) bond motifs is 1. The van der Waals surface area contributed by atoms with Gasteiger partial charge in [0.25, 0.3) is 0 Å². The average molecular weight is 469 g/mol. The Morgan fingerprint density at radius 1 is 0.943 bits per heavy atom. The molecule has 4 aromatic rings. The third kappa shape index (κ3) is 4.21. The van der Waals surface area contributed by atoms with Crippen LogP contribution in [0.25, 0.3) is 17.6 Å². The van der Waals surface area contributed by atoms with Gasteiger partial charge < -0.3 is 18.9 Å². The number of aryl methyl sites for hydroxylation is 2. The number of nitrogens with zero attached hydrogens (tertiary/aromatic N) is 4. The van der Waals surface area contributed by atoms with Crippen LogP contribution >= 0.6 is 0 Å². The van der Waals surface area contributed by atoms with Gasteiger partial charge in [-0.3, -0.25) is 4.79 Å². The molecule has 5 rings (SSSR count). The summed E-state index contributed by atoms with van der Waals surface area (Å²) in [6.45, 7) is 5.18. The highest BCUT2D eigenvalue weighted by Gasteiger charge is 2.30. The Balaban J connectivity index is 1.42. The molecule has 0 saturated heterocycles. The van der Waals surface area contributed by atoms with Crippen molar-refractivity contribution in [2.24, 2.45) is 0 Å². The number of hydrogen-bond donors (Lipinski definition) is 0. The molecule has 1 aliphatic rings. The van der Waals surface area contributed by atoms with Gasteiger partial charge in [0.05, 0.1) is 38.7 Å². The molecule has 0 fully saturated rings. The predicted octanol–water partition coefficient (Wildman–Crippen LogP) is 4.85. The lowest BCUT2D eigenvalue weighted by Crippen LogP contribution is -2.24. The third-order valence-electron chi connectivity index (χ3n) is 6.45. The Morgan fingerprint density at radius 3 is 2.43 bits per heavy atom. The first-order valence-electron chi connectivity index (χ1n) is 11.5. The van der Waals surface area contributed by atoms with Crippen molar-refractivity contribution in [2.45, 2.75) is 26.9 Å². The number of rotatable bonds is 6. The van der Waals surface area contributed by atoms with Crippen molar-refractivity contribution in [3.8, 4) is 23.0 Å². The highest BCUT2D eigenvalue weighted by atomic mass is 16.5. The van der Waals surface area contributed by atoms with Crippen LogP contribution in [0.1, 0.15) is 27.9 Å². The van der Waals surface area contributed by atoms with Crippen molar-refractivity contribution in [1.29, 1.82) is 0 Å². The maximum absolute atomic E-state index is 13.0. The fourth-order valence-corrected chi connectivity index (χ4v) is 4.37. The first-order valence-corrected chi connectivity index (χ1v) is 11.5. The van der Waals surface area contributed by atoms with Gasteiger partial charge in [0.2, 0.25) is 5.91 Å². The molecule has 0 radical (unpaired) electrons. The summed E-state index contributed by atoms with van der Waals surface area (Å²) in [5.41, 5.74) is 6.31. The highest BCUT2D eigenvalue weighted by Crippen LogP contribution is 2.32. The molecule has 7 nitrogen and oxygen atoms in total. The summed E-state index contributed by atoms with van der Waals surface area (Å²) in [5.74, 6) is 2.18. The minimum atomic E-state index is -0.0611. The number of carbonyl (C=O) groups is 1. The van der Waals surface area contributed by atoms with E-state index in [1.807, 2.05) is 52.3 Å². The van der Waals surface area contributed by atoms with Crippen LogP contribution in [0.15, 0.2) is 67.0 Å². The second-order valence-corrected chi connectivity index (χ2v) is 8.66. The smallest absolute Gasteiger partial charge is 0.247 e. The van der Waals surface area contributed by atoms with Crippen LogP contribution in [0.4, 0.5) is 0 Å². The molecular formula is C28H28N4O3. The van der Waals surface area contributed by atoms with E-state index >= 15 is 0 Å². The summed E-state index contributed by atoms with van der Waals surface area (Å²) in [5, 5.41) is 4.93. The maximum atomic E-state index is 13.0. The van der Waals surface area contributed by atoms with Crippen molar-refractivity contribution in [3.05, 3.63) is 94.9 Å². The van der Waals surface area contributed by atoms with Crippen molar-refractivity contribution >= 4 is 12.0 Å². The molecule has 178 valence electrons. The zero-order chi connectivity index (χ0) is 24.5. The third-order valence-corrected chi connectivity index (χ3v) is 6.45. The summed E-state index contributed by atoms with van der Waals surface area (Å²) in [7, 11) is 3.19. The summed E-state index contributed by atoms with van der Waals surface area (Å²) in [6.07, 6.45) is 7.41. The molecule has 35 heavy (non-hydrogen) atoms. The molecule has 0 unspecified atom stereocenters. The predicted molar refractivity (Wildman–Crippen MR) is 135 cm³/mol. The van der Waals surface area contributed by atoms with E-state index in [1.165, 1.54) is 11.1 Å². The quantitative estimate of drug-likeness (QED) is 0.380. The van der Waals surface area contributed by atoms with Crippen LogP contribution in [-0.4, -0.2) is 39.4 Å². The van der Waals surface area contributed by atoms with Crippen molar-refractivity contribution in [2.75, 3.05) is 14.2 Å². The summed E-state index contributed by atoms with van der Waals surface area (Å²) in [4.78, 5) is 14.9. The lowest BCUT2D eigenvalue weighted by Gasteiger charge is -2.16. The fourth-order valence-electron chi connectivity index (χ4n) is 4.37. The molecule has 3 heterocycles. The van der Waals surface area contributed by atoms with Crippen LogP contribution in [0.3, 0.4) is 0 Å². The van der Waals surface area contributed by atoms with Gasteiger partial charge in [-0.25, -0.2) is 4.68 Å². The number of benzene rings is 2. The molecule has 1 amide bonds. The van der Waals surface area contributed by atoms with Gasteiger partial charge in [0, 0.05) is 24.0 Å². The van der Waals surface area contributed by atoms with Gasteiger partial charge in [-0.1, -0.05) is 12.1 Å². The molecule has 7 heteroatoms. The number of aromatic nitrogens is 3. The first kappa shape index (κ1) is 22.5. The van der Waals surface area contributed by atoms with E-state index in [-0.39, 0.29) is 5.91 Å². The molecular weight excluding hydrogens is 440 g/mol. The van der Waals surface area contributed by atoms with E-state index in [0.717, 1.165) is 28.3 Å². The number of methoxy groups -OCH3 is 2. The maximum Gasteiger partial charge on any atom is 0.247 e. The highest BCUT2D eigenvalue weighted by molar-refractivity contribution is 5.92. The van der Waals surface area contributed by atoms with Crippen molar-refractivity contribution < 1.29 is 14.3 Å². The first-order chi connectivity index (χ1) is 17.0. The molecule has 0 N–H and O–H groups in total. The van der Waals surface area contributed by atoms with E-state index in [0.29, 0.717) is 24.6 Å². The molecule has 1 aliphatic heterocycles. The Labute approximate surface area is 204 Å². The Kier molecular flexibility index (Phi) is 5.91. The van der Waals surface area contributed by atoms with Crippen LogP contribution < -0.4 is 9.47 Å². The van der Waals surface area contributed by atoms with Gasteiger partial charge in [-0.05, 0) is 73.0 Å². The summed E-state index contributed by atoms with van der Waals surface area (Å²) < 4.78 is 14.7. The fraction of sp³-hybridized carbons (Fsp3) is 0.214. The molecule has 2 aromatic heterocycles. The van der Waals surface area contributed by atoms with E-state index in [1.54, 1.807) is 26.4 Å². The molecule has 2 aromatic carbocycles. The lowest BCUT2D eigenvalue weighted by atomic mass is 10.1. The zero-order valence-corrected chi connectivity index (χ0v) is 20.4. The average Bonchev–Trinajstić information content (AvgIpc) is 3.60. The largest absolute Gasteiger partial charge is 0.493 e. The van der Waals surface area contributed by atoms with Gasteiger partial charge in [-0.2, -0.15) is 5.10 Å². The van der Waals surface area contributed by atoms with E-state index in [2.05, 4.69) is 36.6 Å². The van der Waals surface area contributed by atoms with Gasteiger partial charge in [-0.15, -0.1) is 0 Å². The molecule has 0 spiro atoms. The number of hydrogen-bond acceptors (Lipinski definition) is 4. The molecule has 0 aliphatic carbocycles. The Bertz CT molecular complexity index is 1420.